The van der Waals surface area contributed by atoms with Gasteiger partial charge in [-0.3, -0.25) is 0 Å². The Kier molecular flexibility index (Phi) is 4.76. The van der Waals surface area contributed by atoms with Gasteiger partial charge in [-0.25, -0.2) is 0 Å². The van der Waals surface area contributed by atoms with Gasteiger partial charge < -0.3 is 0 Å². The van der Waals surface area contributed by atoms with Crippen molar-refractivity contribution in [2.75, 3.05) is 0 Å². The van der Waals surface area contributed by atoms with Crippen molar-refractivity contribution in [3.63, 3.8) is 0 Å². The summed E-state index contributed by atoms with van der Waals surface area (Å²) in [6.07, 6.45) is 0.911. The summed E-state index contributed by atoms with van der Waals surface area (Å²) < 4.78 is 1.50. The molecular formula is C14H13BrCl2S. The van der Waals surface area contributed by atoms with Crippen molar-refractivity contribution < 1.29 is 0 Å². The smallest absolute Gasteiger partial charge is 0.0987 e. The van der Waals surface area contributed by atoms with Gasteiger partial charge in [-0.05, 0) is 48.6 Å². The molecule has 2 rings (SSSR count). The van der Waals surface area contributed by atoms with E-state index in [2.05, 4.69) is 48.0 Å². The molecule has 1 atom stereocenters. The Labute approximate surface area is 130 Å². The zero-order chi connectivity index (χ0) is 13.3. The summed E-state index contributed by atoms with van der Waals surface area (Å²) in [4.78, 5) is 0.204. The topological polar surface area (TPSA) is 0 Å². The van der Waals surface area contributed by atoms with Crippen LogP contribution in [-0.2, 0) is 6.42 Å². The molecule has 18 heavy (non-hydrogen) atoms. The van der Waals surface area contributed by atoms with Crippen molar-refractivity contribution >= 4 is 50.5 Å². The molecule has 96 valence electrons. The van der Waals surface area contributed by atoms with Crippen LogP contribution >= 0.6 is 50.5 Å². The molecule has 0 saturated heterocycles. The molecule has 0 N–H and O–H groups in total. The van der Waals surface area contributed by atoms with Crippen LogP contribution in [-0.4, -0.2) is 0 Å². The number of hydrogen-bond donors (Lipinski definition) is 0. The number of benzene rings is 1. The van der Waals surface area contributed by atoms with Gasteiger partial charge in [0.1, 0.15) is 0 Å². The van der Waals surface area contributed by atoms with E-state index in [1.807, 2.05) is 6.07 Å². The summed E-state index contributed by atoms with van der Waals surface area (Å²) in [5.41, 5.74) is 5.02. The molecule has 0 saturated carbocycles. The van der Waals surface area contributed by atoms with E-state index in [4.69, 9.17) is 23.2 Å². The number of rotatable bonds is 3. The van der Waals surface area contributed by atoms with E-state index < -0.39 is 0 Å². The monoisotopic (exact) mass is 362 g/mol. The third-order valence-corrected chi connectivity index (χ3v) is 5.34. The number of hydrogen-bond acceptors (Lipinski definition) is 1. The minimum atomic E-state index is 0.204. The second-order valence-corrected chi connectivity index (χ2v) is 7.76. The lowest BCUT2D eigenvalue weighted by Gasteiger charge is -2.10. The third-order valence-electron chi connectivity index (χ3n) is 3.01. The van der Waals surface area contributed by atoms with Gasteiger partial charge in [0.25, 0.3) is 0 Å². The van der Waals surface area contributed by atoms with Gasteiger partial charge in [0, 0.05) is 4.83 Å². The van der Waals surface area contributed by atoms with Crippen molar-refractivity contribution in [2.45, 2.75) is 25.1 Å². The van der Waals surface area contributed by atoms with Crippen LogP contribution < -0.4 is 0 Å². The van der Waals surface area contributed by atoms with E-state index in [0.29, 0.717) is 0 Å². The first kappa shape index (κ1) is 14.4. The fourth-order valence-corrected chi connectivity index (χ4v) is 4.41. The summed E-state index contributed by atoms with van der Waals surface area (Å²) >= 11 is 17.2. The molecule has 0 aliphatic carbocycles. The average molecular weight is 364 g/mol. The van der Waals surface area contributed by atoms with Gasteiger partial charge in [0.15, 0.2) is 0 Å². The molecule has 4 heteroatoms. The quantitative estimate of drug-likeness (QED) is 0.557. The predicted molar refractivity (Wildman–Crippen MR) is 85.6 cm³/mol. The van der Waals surface area contributed by atoms with Crippen molar-refractivity contribution in [1.29, 1.82) is 0 Å². The molecule has 2 aromatic rings. The maximum atomic E-state index is 6.17. The van der Waals surface area contributed by atoms with E-state index in [0.717, 1.165) is 20.7 Å². The number of aryl methyl sites for hydroxylation is 2. The van der Waals surface area contributed by atoms with Crippen molar-refractivity contribution in [3.8, 4) is 0 Å². The number of thiophene rings is 1. The maximum absolute atomic E-state index is 6.17. The fourth-order valence-electron chi connectivity index (χ4n) is 1.81. The summed E-state index contributed by atoms with van der Waals surface area (Å²) in [5, 5.41) is 0. The standard InChI is InChI=1S/C14H13BrCl2S/c1-8-3-4-10(5-9(8)2)6-12(15)11-7-13(16)18-14(11)17/h3-5,7,12H,6H2,1-2H3. The van der Waals surface area contributed by atoms with Crippen LogP contribution in [0.1, 0.15) is 27.1 Å². The molecule has 0 spiro atoms. The lowest BCUT2D eigenvalue weighted by atomic mass is 10.0. The van der Waals surface area contributed by atoms with Gasteiger partial charge in [-0.15, -0.1) is 11.3 Å². The van der Waals surface area contributed by atoms with E-state index in [1.54, 1.807) is 0 Å². The second-order valence-electron chi connectivity index (χ2n) is 4.37. The van der Waals surface area contributed by atoms with E-state index in [9.17, 15) is 0 Å². The Morgan fingerprint density at radius 1 is 1.17 bits per heavy atom. The molecule has 0 nitrogen and oxygen atoms in total. The van der Waals surface area contributed by atoms with E-state index in [-0.39, 0.29) is 4.83 Å². The van der Waals surface area contributed by atoms with Crippen LogP contribution in [0, 0.1) is 13.8 Å². The van der Waals surface area contributed by atoms with Crippen LogP contribution in [0.4, 0.5) is 0 Å². The Morgan fingerprint density at radius 2 is 1.89 bits per heavy atom. The van der Waals surface area contributed by atoms with Gasteiger partial charge in [0.05, 0.1) is 8.67 Å². The van der Waals surface area contributed by atoms with Gasteiger partial charge >= 0.3 is 0 Å². The predicted octanol–water partition coefficient (Wildman–Crippen LogP) is 6.35. The summed E-state index contributed by atoms with van der Waals surface area (Å²) in [6, 6.07) is 8.49. The molecule has 1 unspecified atom stereocenters. The Morgan fingerprint density at radius 3 is 2.44 bits per heavy atom. The normalized spacial score (nSPS) is 12.7. The van der Waals surface area contributed by atoms with Crippen molar-refractivity contribution in [2.24, 2.45) is 0 Å². The van der Waals surface area contributed by atoms with Gasteiger partial charge in [-0.1, -0.05) is 57.3 Å². The molecular weight excluding hydrogens is 351 g/mol. The van der Waals surface area contributed by atoms with Crippen LogP contribution in [0.5, 0.6) is 0 Å². The molecule has 0 aliphatic heterocycles. The SMILES string of the molecule is Cc1ccc(CC(Br)c2cc(Cl)sc2Cl)cc1C. The van der Waals surface area contributed by atoms with Gasteiger partial charge in [0.2, 0.25) is 0 Å². The van der Waals surface area contributed by atoms with Crippen molar-refractivity contribution in [3.05, 3.63) is 55.2 Å². The lowest BCUT2D eigenvalue weighted by molar-refractivity contribution is 0.951. The third kappa shape index (κ3) is 3.30. The van der Waals surface area contributed by atoms with Crippen molar-refractivity contribution in [1.82, 2.24) is 0 Å². The number of alkyl halides is 1. The first-order valence-corrected chi connectivity index (χ1v) is 8.11. The second kappa shape index (κ2) is 5.96. The largest absolute Gasteiger partial charge is 0.111 e. The van der Waals surface area contributed by atoms with Crippen LogP contribution in [0.2, 0.25) is 8.67 Å². The highest BCUT2D eigenvalue weighted by Crippen LogP contribution is 2.39. The molecule has 0 fully saturated rings. The molecule has 0 bridgehead atoms. The first-order valence-electron chi connectivity index (χ1n) is 5.62. The zero-order valence-electron chi connectivity index (χ0n) is 10.1. The summed E-state index contributed by atoms with van der Waals surface area (Å²) in [5.74, 6) is 0. The molecule has 1 heterocycles. The van der Waals surface area contributed by atoms with E-state index >= 15 is 0 Å². The van der Waals surface area contributed by atoms with Crippen LogP contribution in [0.15, 0.2) is 24.3 Å². The minimum absolute atomic E-state index is 0.204. The fraction of sp³-hybridized carbons (Fsp3) is 0.286. The Hall–Kier alpha value is -0.0200. The maximum Gasteiger partial charge on any atom is 0.0987 e. The molecule has 0 aliphatic rings. The highest BCUT2D eigenvalue weighted by Gasteiger charge is 2.15. The van der Waals surface area contributed by atoms with Crippen LogP contribution in [0.3, 0.4) is 0 Å². The van der Waals surface area contributed by atoms with Crippen LogP contribution in [0.25, 0.3) is 0 Å². The first-order chi connectivity index (χ1) is 8.47. The summed E-state index contributed by atoms with van der Waals surface area (Å²) in [7, 11) is 0. The highest BCUT2D eigenvalue weighted by atomic mass is 79.9. The lowest BCUT2D eigenvalue weighted by Crippen LogP contribution is -1.95. The molecule has 0 radical (unpaired) electrons. The average Bonchev–Trinajstić information content (AvgIpc) is 2.63. The zero-order valence-corrected chi connectivity index (χ0v) is 14.1. The summed E-state index contributed by atoms with van der Waals surface area (Å²) in [6.45, 7) is 4.26. The molecule has 0 amide bonds. The minimum Gasteiger partial charge on any atom is -0.111 e. The van der Waals surface area contributed by atoms with E-state index in [1.165, 1.54) is 28.0 Å². The number of halogens is 3. The molecule has 1 aromatic heterocycles. The Balaban J connectivity index is 2.18. The Bertz CT molecular complexity index is 563. The highest BCUT2D eigenvalue weighted by molar-refractivity contribution is 9.09. The molecule has 1 aromatic carbocycles. The van der Waals surface area contributed by atoms with Gasteiger partial charge in [-0.2, -0.15) is 0 Å².